The van der Waals surface area contributed by atoms with Crippen LogP contribution in [0.3, 0.4) is 0 Å². The van der Waals surface area contributed by atoms with Crippen LogP contribution in [0.2, 0.25) is 18.1 Å². The van der Waals surface area contributed by atoms with E-state index in [0.717, 1.165) is 26.4 Å². The van der Waals surface area contributed by atoms with Gasteiger partial charge in [0.2, 0.25) is 0 Å². The predicted octanol–water partition coefficient (Wildman–Crippen LogP) is 3.64. The minimum atomic E-state index is -0.591. The summed E-state index contributed by atoms with van der Waals surface area (Å²) in [7, 11) is 1.23. The Morgan fingerprint density at radius 3 is 2.45 bits per heavy atom. The molecule has 0 radical (unpaired) electrons. The third-order valence-corrected chi connectivity index (χ3v) is 7.55. The van der Waals surface area contributed by atoms with E-state index < -0.39 is 8.80 Å². The molecule has 0 N–H and O–H groups in total. The number of methoxy groups -OCH3 is 1. The molecule has 0 aromatic heterocycles. The van der Waals surface area contributed by atoms with Crippen LogP contribution in [-0.2, 0) is 14.2 Å². The number of hydrogen-bond acceptors (Lipinski definition) is 3. The molecular weight excluding hydrogens is 268 g/mol. The van der Waals surface area contributed by atoms with Crippen LogP contribution in [0.5, 0.6) is 0 Å². The van der Waals surface area contributed by atoms with Gasteiger partial charge in [0.05, 0.1) is 13.2 Å². The van der Waals surface area contributed by atoms with Crippen LogP contribution in [-0.4, -0.2) is 48.4 Å². The molecule has 1 heterocycles. The van der Waals surface area contributed by atoms with Crippen LogP contribution < -0.4 is 0 Å². The number of ether oxygens (including phenoxy) is 3. The van der Waals surface area contributed by atoms with Crippen LogP contribution in [0, 0.1) is 0 Å². The van der Waals surface area contributed by atoms with Crippen molar-refractivity contribution in [1.82, 2.24) is 0 Å². The maximum absolute atomic E-state index is 5.64. The van der Waals surface area contributed by atoms with Crippen molar-refractivity contribution in [3.8, 4) is 0 Å². The first-order valence-corrected chi connectivity index (χ1v) is 11.0. The van der Waals surface area contributed by atoms with Crippen LogP contribution >= 0.6 is 0 Å². The Morgan fingerprint density at radius 2 is 1.75 bits per heavy atom. The highest BCUT2D eigenvalue weighted by atomic mass is 28.3. The molecule has 0 amide bonds. The molecule has 4 heteroatoms. The molecule has 0 bridgehead atoms. The van der Waals surface area contributed by atoms with Crippen molar-refractivity contribution in [2.24, 2.45) is 0 Å². The summed E-state index contributed by atoms with van der Waals surface area (Å²) in [4.78, 5) is 0. The molecule has 120 valence electrons. The second-order valence-corrected chi connectivity index (χ2v) is 9.49. The smallest absolute Gasteiger partial charge is 0.104 e. The van der Waals surface area contributed by atoms with Crippen molar-refractivity contribution in [1.29, 1.82) is 0 Å². The van der Waals surface area contributed by atoms with Gasteiger partial charge in [-0.1, -0.05) is 51.1 Å². The zero-order chi connectivity index (χ0) is 14.5. The van der Waals surface area contributed by atoms with E-state index in [1.807, 2.05) is 7.11 Å². The Balaban J connectivity index is 1.97. The molecule has 0 saturated carbocycles. The van der Waals surface area contributed by atoms with Crippen LogP contribution in [0.4, 0.5) is 0 Å². The first-order valence-electron chi connectivity index (χ1n) is 8.55. The van der Waals surface area contributed by atoms with Crippen LogP contribution in [0.1, 0.15) is 45.4 Å². The lowest BCUT2D eigenvalue weighted by molar-refractivity contribution is 0.117. The quantitative estimate of drug-likeness (QED) is 0.263. The van der Waals surface area contributed by atoms with E-state index in [0.29, 0.717) is 6.10 Å². The topological polar surface area (TPSA) is 31.0 Å². The molecule has 0 aromatic carbocycles. The molecule has 1 aliphatic rings. The van der Waals surface area contributed by atoms with Crippen molar-refractivity contribution in [3.05, 3.63) is 0 Å². The standard InChI is InChI=1S/C16H34O3Si/c1-3-4-5-6-7-11-20(13-10-17-2)12-8-9-18-14-16-15-19-16/h16,20H,3-15H2,1-2H3. The van der Waals surface area contributed by atoms with Crippen LogP contribution in [0.25, 0.3) is 0 Å². The highest BCUT2D eigenvalue weighted by Crippen LogP contribution is 2.15. The Morgan fingerprint density at radius 1 is 1.00 bits per heavy atom. The van der Waals surface area contributed by atoms with Gasteiger partial charge in [0, 0.05) is 29.1 Å². The highest BCUT2D eigenvalue weighted by Gasteiger charge is 2.22. The average Bonchev–Trinajstić information content (AvgIpc) is 3.27. The van der Waals surface area contributed by atoms with E-state index in [9.17, 15) is 0 Å². The first-order chi connectivity index (χ1) is 9.86. The molecule has 3 nitrogen and oxygen atoms in total. The molecule has 0 aliphatic carbocycles. The van der Waals surface area contributed by atoms with Crippen molar-refractivity contribution in [2.45, 2.75) is 69.7 Å². The van der Waals surface area contributed by atoms with Gasteiger partial charge < -0.3 is 14.2 Å². The summed E-state index contributed by atoms with van der Waals surface area (Å²) in [6, 6.07) is 4.26. The molecule has 1 rings (SSSR count). The SMILES string of the molecule is CCCCCCC[SiH](CCCOCC1CO1)CCOC. The van der Waals surface area contributed by atoms with Crippen molar-refractivity contribution in [2.75, 3.05) is 33.5 Å². The van der Waals surface area contributed by atoms with Crippen molar-refractivity contribution < 1.29 is 14.2 Å². The fraction of sp³-hybridized carbons (Fsp3) is 1.00. The average molecular weight is 303 g/mol. The van der Waals surface area contributed by atoms with Crippen LogP contribution in [0.15, 0.2) is 0 Å². The third-order valence-electron chi connectivity index (χ3n) is 4.05. The van der Waals surface area contributed by atoms with E-state index in [2.05, 4.69) is 6.92 Å². The fourth-order valence-electron chi connectivity index (χ4n) is 2.61. The number of hydrogen-bond donors (Lipinski definition) is 0. The Kier molecular flexibility index (Phi) is 11.6. The number of epoxide rings is 1. The Hall–Kier alpha value is 0.0969. The van der Waals surface area contributed by atoms with Gasteiger partial charge in [-0.3, -0.25) is 0 Å². The zero-order valence-corrected chi connectivity index (χ0v) is 14.7. The molecule has 1 aliphatic heterocycles. The molecular formula is C16H34O3Si. The maximum Gasteiger partial charge on any atom is 0.104 e. The fourth-order valence-corrected chi connectivity index (χ4v) is 5.65. The van der Waals surface area contributed by atoms with Crippen molar-refractivity contribution >= 4 is 8.80 Å². The molecule has 1 saturated heterocycles. The van der Waals surface area contributed by atoms with Gasteiger partial charge in [0.15, 0.2) is 0 Å². The minimum absolute atomic E-state index is 0.412. The normalized spacial score (nSPS) is 19.2. The lowest BCUT2D eigenvalue weighted by atomic mass is 10.2. The maximum atomic E-state index is 5.64. The summed E-state index contributed by atoms with van der Waals surface area (Å²) in [6.45, 7) is 5.88. The summed E-state index contributed by atoms with van der Waals surface area (Å²) in [5.41, 5.74) is 0. The summed E-state index contributed by atoms with van der Waals surface area (Å²) >= 11 is 0. The largest absolute Gasteiger partial charge is 0.385 e. The second-order valence-electron chi connectivity index (χ2n) is 6.02. The predicted molar refractivity (Wildman–Crippen MR) is 87.4 cm³/mol. The zero-order valence-electron chi connectivity index (χ0n) is 13.6. The van der Waals surface area contributed by atoms with E-state index in [1.54, 1.807) is 0 Å². The highest BCUT2D eigenvalue weighted by molar-refractivity contribution is 6.58. The van der Waals surface area contributed by atoms with E-state index >= 15 is 0 Å². The Labute approximate surface area is 127 Å². The van der Waals surface area contributed by atoms with E-state index in [1.165, 1.54) is 56.7 Å². The number of rotatable bonds is 15. The van der Waals surface area contributed by atoms with E-state index in [-0.39, 0.29) is 0 Å². The van der Waals surface area contributed by atoms with Gasteiger partial charge in [-0.15, -0.1) is 0 Å². The molecule has 2 atom stereocenters. The third kappa shape index (κ3) is 10.8. The number of unbranched alkanes of at least 4 members (excludes halogenated alkanes) is 4. The lowest BCUT2D eigenvalue weighted by Crippen LogP contribution is -2.16. The molecule has 0 spiro atoms. The van der Waals surface area contributed by atoms with Crippen molar-refractivity contribution in [3.63, 3.8) is 0 Å². The van der Waals surface area contributed by atoms with Gasteiger partial charge in [0.25, 0.3) is 0 Å². The van der Waals surface area contributed by atoms with Gasteiger partial charge >= 0.3 is 0 Å². The lowest BCUT2D eigenvalue weighted by Gasteiger charge is -2.15. The van der Waals surface area contributed by atoms with Gasteiger partial charge in [0.1, 0.15) is 6.10 Å². The molecule has 20 heavy (non-hydrogen) atoms. The summed E-state index contributed by atoms with van der Waals surface area (Å²) in [5, 5.41) is 0. The molecule has 2 unspecified atom stereocenters. The summed E-state index contributed by atoms with van der Waals surface area (Å²) in [6.07, 6.45) is 8.69. The second kappa shape index (κ2) is 12.8. The monoisotopic (exact) mass is 302 g/mol. The summed E-state index contributed by atoms with van der Waals surface area (Å²) < 4.78 is 16.0. The molecule has 1 fully saturated rings. The minimum Gasteiger partial charge on any atom is -0.385 e. The summed E-state index contributed by atoms with van der Waals surface area (Å²) in [5.74, 6) is 0. The van der Waals surface area contributed by atoms with E-state index in [4.69, 9.17) is 14.2 Å². The van der Waals surface area contributed by atoms with Gasteiger partial charge in [-0.05, 0) is 12.5 Å². The first kappa shape index (κ1) is 18.1. The van der Waals surface area contributed by atoms with Gasteiger partial charge in [-0.2, -0.15) is 0 Å². The molecule has 0 aromatic rings. The van der Waals surface area contributed by atoms with Gasteiger partial charge in [-0.25, -0.2) is 0 Å². The Bertz CT molecular complexity index is 210.